The van der Waals surface area contributed by atoms with E-state index < -0.39 is 0 Å². The molecule has 110 valence electrons. The molecule has 1 fully saturated rings. The van der Waals surface area contributed by atoms with Gasteiger partial charge >= 0.3 is 0 Å². The molecule has 0 radical (unpaired) electrons. The van der Waals surface area contributed by atoms with Crippen LogP contribution in [0.25, 0.3) is 0 Å². The number of hydrogen-bond donors (Lipinski definition) is 1. The summed E-state index contributed by atoms with van der Waals surface area (Å²) in [4.78, 5) is 0. The molecule has 1 aliphatic heterocycles. The first-order chi connectivity index (χ1) is 9.62. The maximum atomic E-state index is 5.81. The van der Waals surface area contributed by atoms with Gasteiger partial charge in [-0.25, -0.2) is 0 Å². The molecule has 1 N–H and O–H groups in total. The molecule has 0 bridgehead atoms. The predicted molar refractivity (Wildman–Crippen MR) is 83.3 cm³/mol. The van der Waals surface area contributed by atoms with Gasteiger partial charge in [-0.3, -0.25) is 0 Å². The fraction of sp³-hybridized carbons (Fsp3) is 0.667. The van der Waals surface area contributed by atoms with Crippen molar-refractivity contribution < 1.29 is 4.74 Å². The van der Waals surface area contributed by atoms with E-state index in [0.29, 0.717) is 6.04 Å². The van der Waals surface area contributed by atoms with Crippen molar-refractivity contribution in [2.24, 2.45) is 5.92 Å². The average molecular weight is 273 g/mol. The molecule has 0 amide bonds. The molecule has 1 saturated carbocycles. The van der Waals surface area contributed by atoms with Gasteiger partial charge < -0.3 is 10.1 Å². The molecule has 0 saturated heterocycles. The molecule has 1 aromatic carbocycles. The van der Waals surface area contributed by atoms with Crippen LogP contribution in [0.4, 0.5) is 0 Å². The van der Waals surface area contributed by atoms with Crippen LogP contribution in [0.1, 0.15) is 63.6 Å². The lowest BCUT2D eigenvalue weighted by Gasteiger charge is -2.35. The highest BCUT2D eigenvalue weighted by Crippen LogP contribution is 2.43. The normalized spacial score (nSPS) is 21.9. The summed E-state index contributed by atoms with van der Waals surface area (Å²) in [5.41, 5.74) is 3.00. The zero-order chi connectivity index (χ0) is 14.2. The fourth-order valence-electron chi connectivity index (χ4n) is 3.36. The van der Waals surface area contributed by atoms with Gasteiger partial charge in [0.1, 0.15) is 5.75 Å². The Morgan fingerprint density at radius 3 is 2.80 bits per heavy atom. The SMILES string of the molecule is CCCNC(c1ccc2c(c1)C(C)(C)CO2)C1CCC1. The van der Waals surface area contributed by atoms with Crippen LogP contribution < -0.4 is 10.1 Å². The van der Waals surface area contributed by atoms with E-state index in [0.717, 1.165) is 24.8 Å². The zero-order valence-corrected chi connectivity index (χ0v) is 13.0. The van der Waals surface area contributed by atoms with Crippen molar-refractivity contribution in [2.75, 3.05) is 13.2 Å². The van der Waals surface area contributed by atoms with E-state index in [4.69, 9.17) is 4.74 Å². The Balaban J connectivity index is 1.87. The first-order valence-corrected chi connectivity index (χ1v) is 8.12. The minimum atomic E-state index is 0.153. The third-order valence-corrected chi connectivity index (χ3v) is 4.92. The third-order valence-electron chi connectivity index (χ3n) is 4.92. The van der Waals surface area contributed by atoms with Crippen molar-refractivity contribution in [1.29, 1.82) is 0 Å². The second kappa shape index (κ2) is 5.40. The van der Waals surface area contributed by atoms with Crippen molar-refractivity contribution in [1.82, 2.24) is 5.32 Å². The van der Waals surface area contributed by atoms with Gasteiger partial charge in [0.2, 0.25) is 0 Å². The maximum absolute atomic E-state index is 5.81. The summed E-state index contributed by atoms with van der Waals surface area (Å²) in [5.74, 6) is 1.91. The van der Waals surface area contributed by atoms with Gasteiger partial charge in [-0.1, -0.05) is 33.3 Å². The Morgan fingerprint density at radius 2 is 2.15 bits per heavy atom. The topological polar surface area (TPSA) is 21.3 Å². The lowest BCUT2D eigenvalue weighted by Crippen LogP contribution is -2.32. The van der Waals surface area contributed by atoms with Gasteiger partial charge in [0.15, 0.2) is 0 Å². The highest BCUT2D eigenvalue weighted by Gasteiger charge is 2.34. The van der Waals surface area contributed by atoms with E-state index in [-0.39, 0.29) is 5.41 Å². The van der Waals surface area contributed by atoms with E-state index in [1.54, 1.807) is 0 Å². The highest BCUT2D eigenvalue weighted by molar-refractivity contribution is 5.46. The van der Waals surface area contributed by atoms with Gasteiger partial charge in [0, 0.05) is 17.0 Å². The van der Waals surface area contributed by atoms with Crippen LogP contribution in [0, 0.1) is 5.92 Å². The summed E-state index contributed by atoms with van der Waals surface area (Å²) >= 11 is 0. The number of fused-ring (bicyclic) bond motifs is 1. The monoisotopic (exact) mass is 273 g/mol. The molecule has 0 aromatic heterocycles. The molecule has 0 spiro atoms. The highest BCUT2D eigenvalue weighted by atomic mass is 16.5. The largest absolute Gasteiger partial charge is 0.492 e. The number of hydrogen-bond acceptors (Lipinski definition) is 2. The second-order valence-corrected chi connectivity index (χ2v) is 7.05. The summed E-state index contributed by atoms with van der Waals surface area (Å²) in [6, 6.07) is 7.38. The predicted octanol–water partition coefficient (Wildman–Crippen LogP) is 4.20. The van der Waals surface area contributed by atoms with Crippen molar-refractivity contribution >= 4 is 0 Å². The Kier molecular flexibility index (Phi) is 3.76. The number of nitrogens with one attached hydrogen (secondary N) is 1. The molecular weight excluding hydrogens is 246 g/mol. The van der Waals surface area contributed by atoms with Crippen LogP contribution >= 0.6 is 0 Å². The van der Waals surface area contributed by atoms with Crippen molar-refractivity contribution in [3.8, 4) is 5.75 Å². The minimum absolute atomic E-state index is 0.153. The lowest BCUT2D eigenvalue weighted by atomic mass is 9.76. The molecule has 1 aromatic rings. The molecule has 20 heavy (non-hydrogen) atoms. The number of benzene rings is 1. The molecular formula is C18H27NO. The van der Waals surface area contributed by atoms with Crippen molar-refractivity contribution in [3.63, 3.8) is 0 Å². The lowest BCUT2D eigenvalue weighted by molar-refractivity contribution is 0.231. The molecule has 1 aliphatic carbocycles. The van der Waals surface area contributed by atoms with E-state index >= 15 is 0 Å². The van der Waals surface area contributed by atoms with E-state index in [2.05, 4.69) is 44.3 Å². The molecule has 1 unspecified atom stereocenters. The summed E-state index contributed by atoms with van der Waals surface area (Å²) in [6.07, 6.45) is 5.34. The fourth-order valence-corrected chi connectivity index (χ4v) is 3.36. The minimum Gasteiger partial charge on any atom is -0.492 e. The van der Waals surface area contributed by atoms with Gasteiger partial charge in [0.25, 0.3) is 0 Å². The van der Waals surface area contributed by atoms with Gasteiger partial charge in [0.05, 0.1) is 6.61 Å². The summed E-state index contributed by atoms with van der Waals surface area (Å²) in [5, 5.41) is 3.77. The first kappa shape index (κ1) is 13.9. The Hall–Kier alpha value is -1.02. The van der Waals surface area contributed by atoms with Crippen LogP contribution in [0.5, 0.6) is 5.75 Å². The van der Waals surface area contributed by atoms with Crippen LogP contribution in [-0.2, 0) is 5.41 Å². The van der Waals surface area contributed by atoms with Gasteiger partial charge in [-0.05, 0) is 49.4 Å². The van der Waals surface area contributed by atoms with Crippen molar-refractivity contribution in [2.45, 2.75) is 57.9 Å². The van der Waals surface area contributed by atoms with E-state index in [1.807, 2.05) is 0 Å². The maximum Gasteiger partial charge on any atom is 0.123 e. The molecule has 1 atom stereocenters. The molecule has 2 heteroatoms. The summed E-state index contributed by atoms with van der Waals surface area (Å²) in [7, 11) is 0. The van der Waals surface area contributed by atoms with Crippen molar-refractivity contribution in [3.05, 3.63) is 29.3 Å². The second-order valence-electron chi connectivity index (χ2n) is 7.05. The molecule has 2 nitrogen and oxygen atoms in total. The van der Waals surface area contributed by atoms with Gasteiger partial charge in [-0.2, -0.15) is 0 Å². The molecule has 3 rings (SSSR count). The number of rotatable bonds is 5. The van der Waals surface area contributed by atoms with Crippen LogP contribution in [-0.4, -0.2) is 13.2 Å². The van der Waals surface area contributed by atoms with Crippen LogP contribution in [0.15, 0.2) is 18.2 Å². The Labute approximate surface area is 122 Å². The summed E-state index contributed by atoms with van der Waals surface area (Å²) < 4.78 is 5.81. The Morgan fingerprint density at radius 1 is 1.35 bits per heavy atom. The number of ether oxygens (including phenoxy) is 1. The van der Waals surface area contributed by atoms with Gasteiger partial charge in [-0.15, -0.1) is 0 Å². The smallest absolute Gasteiger partial charge is 0.123 e. The van der Waals surface area contributed by atoms with E-state index in [9.17, 15) is 0 Å². The standard InChI is InChI=1S/C18H27NO/c1-4-10-19-17(13-6-5-7-13)14-8-9-16-15(11-14)18(2,3)12-20-16/h8-9,11,13,17,19H,4-7,10,12H2,1-3H3. The first-order valence-electron chi connectivity index (χ1n) is 8.12. The zero-order valence-electron chi connectivity index (χ0n) is 13.0. The quantitative estimate of drug-likeness (QED) is 0.868. The average Bonchev–Trinajstić information content (AvgIpc) is 2.68. The van der Waals surface area contributed by atoms with Crippen LogP contribution in [0.3, 0.4) is 0 Å². The van der Waals surface area contributed by atoms with E-state index in [1.165, 1.54) is 36.8 Å². The molecule has 2 aliphatic rings. The Bertz CT molecular complexity index is 476. The summed E-state index contributed by atoms with van der Waals surface area (Å²) in [6.45, 7) is 8.71. The van der Waals surface area contributed by atoms with Crippen LogP contribution in [0.2, 0.25) is 0 Å². The third kappa shape index (κ3) is 2.46. The molecule has 1 heterocycles.